The molecule has 8 heteroatoms. The fraction of sp³-hybridized carbons (Fsp3) is 0.316. The van der Waals surface area contributed by atoms with E-state index in [0.717, 1.165) is 6.26 Å². The summed E-state index contributed by atoms with van der Waals surface area (Å²) in [7, 11) is -3.23. The van der Waals surface area contributed by atoms with Crippen molar-refractivity contribution in [1.82, 2.24) is 4.98 Å². The molecule has 2 rings (SSSR count). The zero-order chi connectivity index (χ0) is 20.4. The Morgan fingerprint density at radius 3 is 2.37 bits per heavy atom. The Balaban J connectivity index is 2.10. The Kier molecular flexibility index (Phi) is 6.00. The summed E-state index contributed by atoms with van der Waals surface area (Å²) in [6.07, 6.45) is 1.10. The molecule has 144 valence electrons. The largest absolute Gasteiger partial charge is 0.454 e. The molecule has 1 N–H and O–H groups in total. The highest BCUT2D eigenvalue weighted by atomic mass is 32.2. The molecule has 7 nitrogen and oxygen atoms in total. The molecule has 1 heterocycles. The summed E-state index contributed by atoms with van der Waals surface area (Å²) in [5, 5.41) is 0. The first-order chi connectivity index (χ1) is 12.5. The van der Waals surface area contributed by atoms with E-state index in [1.165, 1.54) is 19.1 Å². The van der Waals surface area contributed by atoms with Gasteiger partial charge in [0.15, 0.2) is 22.2 Å². The molecule has 0 spiro atoms. The van der Waals surface area contributed by atoms with E-state index in [1.54, 1.807) is 26.0 Å². The summed E-state index contributed by atoms with van der Waals surface area (Å²) < 4.78 is 27.8. The predicted octanol–water partition coefficient (Wildman–Crippen LogP) is 2.42. The molecule has 0 unspecified atom stereocenters. The molecular weight excluding hydrogens is 370 g/mol. The average molecular weight is 391 g/mol. The number of sulfone groups is 1. The van der Waals surface area contributed by atoms with Crippen LogP contribution in [0, 0.1) is 13.8 Å². The number of hydrogen-bond acceptors (Lipinski definition) is 6. The molecular formula is C19H21NO6S. The number of nitrogens with one attached hydrogen (secondary N) is 1. The van der Waals surface area contributed by atoms with Crippen molar-refractivity contribution in [2.75, 3.05) is 12.9 Å². The standard InChI is InChI=1S/C19H21NO6S/c1-11-17(13(3)21)12(2)20-18(11)16(22)9-26-19(23)15-7-5-6-14(8-15)10-27(4,24)25/h5-8,20H,9-10H2,1-4H3. The fourth-order valence-electron chi connectivity index (χ4n) is 2.93. The lowest BCUT2D eigenvalue weighted by molar-refractivity contribution is 0.0473. The maximum absolute atomic E-state index is 12.3. The van der Waals surface area contributed by atoms with Crippen LogP contribution in [0.2, 0.25) is 0 Å². The van der Waals surface area contributed by atoms with E-state index in [-0.39, 0.29) is 22.8 Å². The highest BCUT2D eigenvalue weighted by molar-refractivity contribution is 7.89. The summed E-state index contributed by atoms with van der Waals surface area (Å²) in [4.78, 5) is 39.0. The van der Waals surface area contributed by atoms with Crippen LogP contribution in [0.1, 0.15) is 54.9 Å². The van der Waals surface area contributed by atoms with Crippen LogP contribution >= 0.6 is 0 Å². The second-order valence-electron chi connectivity index (χ2n) is 6.45. The van der Waals surface area contributed by atoms with E-state index in [2.05, 4.69) is 4.98 Å². The number of H-pyrrole nitrogens is 1. The van der Waals surface area contributed by atoms with Gasteiger partial charge in [-0.1, -0.05) is 12.1 Å². The summed E-state index contributed by atoms with van der Waals surface area (Å²) in [5.74, 6) is -1.53. The van der Waals surface area contributed by atoms with Crippen molar-refractivity contribution in [3.63, 3.8) is 0 Å². The Hall–Kier alpha value is -2.74. The highest BCUT2D eigenvalue weighted by Gasteiger charge is 2.21. The molecule has 1 aromatic carbocycles. The third-order valence-electron chi connectivity index (χ3n) is 3.99. The Bertz CT molecular complexity index is 1020. The van der Waals surface area contributed by atoms with Gasteiger partial charge in [-0.05, 0) is 44.0 Å². The van der Waals surface area contributed by atoms with Crippen molar-refractivity contribution >= 4 is 27.4 Å². The molecule has 2 aromatic rings. The van der Waals surface area contributed by atoms with Crippen molar-refractivity contribution in [2.24, 2.45) is 0 Å². The number of ether oxygens (including phenoxy) is 1. The molecule has 0 fully saturated rings. The minimum atomic E-state index is -3.23. The van der Waals surface area contributed by atoms with E-state index < -0.39 is 28.2 Å². The van der Waals surface area contributed by atoms with E-state index in [0.29, 0.717) is 22.4 Å². The molecule has 0 atom stereocenters. The summed E-state index contributed by atoms with van der Waals surface area (Å²) in [6, 6.07) is 6.05. The minimum Gasteiger partial charge on any atom is -0.454 e. The van der Waals surface area contributed by atoms with Gasteiger partial charge in [0.05, 0.1) is 17.0 Å². The van der Waals surface area contributed by atoms with Crippen LogP contribution in [0.15, 0.2) is 24.3 Å². The van der Waals surface area contributed by atoms with Gasteiger partial charge >= 0.3 is 5.97 Å². The molecule has 0 amide bonds. The quantitative estimate of drug-likeness (QED) is 0.573. The van der Waals surface area contributed by atoms with Gasteiger partial charge < -0.3 is 9.72 Å². The maximum atomic E-state index is 12.3. The molecule has 0 saturated heterocycles. The van der Waals surface area contributed by atoms with Crippen LogP contribution in [0.5, 0.6) is 0 Å². The van der Waals surface area contributed by atoms with Crippen LogP contribution in [-0.4, -0.2) is 43.8 Å². The average Bonchev–Trinajstić information content (AvgIpc) is 2.85. The van der Waals surface area contributed by atoms with Gasteiger partial charge in [-0.3, -0.25) is 9.59 Å². The maximum Gasteiger partial charge on any atom is 0.338 e. The molecule has 0 aliphatic carbocycles. The number of aryl methyl sites for hydroxylation is 1. The minimum absolute atomic E-state index is 0.153. The van der Waals surface area contributed by atoms with Crippen molar-refractivity contribution in [3.8, 4) is 0 Å². The number of carbonyl (C=O) groups excluding carboxylic acids is 3. The van der Waals surface area contributed by atoms with E-state index in [1.807, 2.05) is 0 Å². The SMILES string of the molecule is CC(=O)c1c(C)[nH]c(C(=O)COC(=O)c2cccc(CS(C)(=O)=O)c2)c1C. The first-order valence-electron chi connectivity index (χ1n) is 8.16. The number of carbonyl (C=O) groups is 3. The topological polar surface area (TPSA) is 110 Å². The van der Waals surface area contributed by atoms with Crippen LogP contribution < -0.4 is 0 Å². The lowest BCUT2D eigenvalue weighted by Gasteiger charge is -2.06. The van der Waals surface area contributed by atoms with Gasteiger partial charge in [-0.2, -0.15) is 0 Å². The zero-order valence-corrected chi connectivity index (χ0v) is 16.4. The summed E-state index contributed by atoms with van der Waals surface area (Å²) in [6.45, 7) is 4.28. The van der Waals surface area contributed by atoms with Crippen LogP contribution in [0.4, 0.5) is 0 Å². The molecule has 0 aliphatic rings. The van der Waals surface area contributed by atoms with Gasteiger partial charge in [0.2, 0.25) is 5.78 Å². The third-order valence-corrected chi connectivity index (χ3v) is 4.85. The van der Waals surface area contributed by atoms with Crippen LogP contribution in [-0.2, 0) is 20.3 Å². The van der Waals surface area contributed by atoms with Crippen molar-refractivity contribution in [2.45, 2.75) is 26.5 Å². The number of benzene rings is 1. The van der Waals surface area contributed by atoms with Gasteiger partial charge in [-0.25, -0.2) is 13.2 Å². The molecule has 1 aromatic heterocycles. The monoisotopic (exact) mass is 391 g/mol. The first kappa shape index (κ1) is 20.6. The van der Waals surface area contributed by atoms with Gasteiger partial charge in [0.25, 0.3) is 0 Å². The second kappa shape index (κ2) is 7.87. The van der Waals surface area contributed by atoms with Gasteiger partial charge in [0.1, 0.15) is 0 Å². The van der Waals surface area contributed by atoms with Crippen molar-refractivity contribution in [3.05, 3.63) is 57.9 Å². The third kappa shape index (κ3) is 5.13. The first-order valence-corrected chi connectivity index (χ1v) is 10.2. The lowest BCUT2D eigenvalue weighted by Crippen LogP contribution is -2.16. The second-order valence-corrected chi connectivity index (χ2v) is 8.59. The van der Waals surface area contributed by atoms with Gasteiger partial charge in [-0.15, -0.1) is 0 Å². The Labute approximate surface area is 157 Å². The Morgan fingerprint density at radius 1 is 1.15 bits per heavy atom. The van der Waals surface area contributed by atoms with Crippen LogP contribution in [0.25, 0.3) is 0 Å². The molecule has 0 aliphatic heterocycles. The number of esters is 1. The number of aromatic nitrogens is 1. The molecule has 0 bridgehead atoms. The van der Waals surface area contributed by atoms with Crippen LogP contribution in [0.3, 0.4) is 0 Å². The fourth-order valence-corrected chi connectivity index (χ4v) is 3.72. The lowest BCUT2D eigenvalue weighted by atomic mass is 10.1. The number of hydrogen-bond donors (Lipinski definition) is 1. The highest BCUT2D eigenvalue weighted by Crippen LogP contribution is 2.19. The Morgan fingerprint density at radius 2 is 1.81 bits per heavy atom. The van der Waals surface area contributed by atoms with Crippen molar-refractivity contribution < 1.29 is 27.5 Å². The molecule has 0 radical (unpaired) electrons. The normalized spacial score (nSPS) is 11.3. The molecule has 27 heavy (non-hydrogen) atoms. The number of aromatic amines is 1. The number of ketones is 2. The number of rotatable bonds is 7. The number of Topliss-reactive ketones (excluding diaryl/α,β-unsaturated/α-hetero) is 2. The van der Waals surface area contributed by atoms with E-state index in [4.69, 9.17) is 4.74 Å². The van der Waals surface area contributed by atoms with E-state index >= 15 is 0 Å². The molecule has 0 saturated carbocycles. The predicted molar refractivity (Wildman–Crippen MR) is 99.9 cm³/mol. The zero-order valence-electron chi connectivity index (χ0n) is 15.6. The van der Waals surface area contributed by atoms with Gasteiger partial charge in [0, 0.05) is 17.5 Å². The smallest absolute Gasteiger partial charge is 0.338 e. The van der Waals surface area contributed by atoms with E-state index in [9.17, 15) is 22.8 Å². The van der Waals surface area contributed by atoms with Crippen molar-refractivity contribution in [1.29, 1.82) is 0 Å². The summed E-state index contributed by atoms with van der Waals surface area (Å²) in [5.41, 5.74) is 2.42. The summed E-state index contributed by atoms with van der Waals surface area (Å²) >= 11 is 0.